The van der Waals surface area contributed by atoms with E-state index in [1.807, 2.05) is 22.6 Å². The zero-order chi connectivity index (χ0) is 14.7. The average Bonchev–Trinajstić information content (AvgIpc) is 2.89. The Hall–Kier alpha value is 0.280. The summed E-state index contributed by atoms with van der Waals surface area (Å²) in [5.41, 5.74) is -0.00495. The van der Waals surface area contributed by atoms with Crippen LogP contribution >= 0.6 is 11.8 Å². The SMILES string of the molecule is B[C@H]1C[C@@H](O)[C@@H](COC(C)S[C@@H]2C[C@H](B)O[C@@H]2CO)O1. The van der Waals surface area contributed by atoms with Crippen LogP contribution in [0.1, 0.15) is 19.8 Å². The molecule has 2 aliphatic heterocycles. The van der Waals surface area contributed by atoms with E-state index in [0.29, 0.717) is 13.0 Å². The minimum atomic E-state index is -0.428. The number of aliphatic hydroxyl groups excluding tert-OH is 2. The van der Waals surface area contributed by atoms with E-state index in [-0.39, 0.29) is 41.5 Å². The van der Waals surface area contributed by atoms with Gasteiger partial charge in [-0.2, -0.15) is 0 Å². The third-order valence-electron chi connectivity index (χ3n) is 3.84. The second-order valence-electron chi connectivity index (χ2n) is 5.77. The third kappa shape index (κ3) is 4.39. The molecule has 0 amide bonds. The molecule has 0 bridgehead atoms. The molecule has 114 valence electrons. The lowest BCUT2D eigenvalue weighted by molar-refractivity contribution is -0.0339. The molecule has 2 fully saturated rings. The van der Waals surface area contributed by atoms with Crippen LogP contribution in [-0.4, -0.2) is 80.1 Å². The summed E-state index contributed by atoms with van der Waals surface area (Å²) < 4.78 is 17.0. The van der Waals surface area contributed by atoms with E-state index < -0.39 is 6.10 Å². The summed E-state index contributed by atoms with van der Waals surface area (Å²) in [5.74, 6) is 0. The van der Waals surface area contributed by atoms with Crippen molar-refractivity contribution >= 4 is 27.5 Å². The zero-order valence-electron chi connectivity index (χ0n) is 12.4. The second-order valence-corrected chi connectivity index (χ2v) is 7.31. The molecule has 2 rings (SSSR count). The van der Waals surface area contributed by atoms with Crippen molar-refractivity contribution in [1.82, 2.24) is 0 Å². The standard InChI is InChI=1S/C12H24B2O5S/c1-6(17-5-9-7(16)2-11(13)19-9)20-10-3-12(14)18-8(10)4-15/h6-12,15-16H,2-5,13-14H2,1H3/t6?,7-,8-,9-,10-,11-,12-/m1/s1. The number of thioether (sulfide) groups is 1. The Morgan fingerprint density at radius 1 is 1.25 bits per heavy atom. The van der Waals surface area contributed by atoms with E-state index in [9.17, 15) is 10.2 Å². The van der Waals surface area contributed by atoms with Gasteiger partial charge in [-0.25, -0.2) is 0 Å². The van der Waals surface area contributed by atoms with Gasteiger partial charge in [-0.15, -0.1) is 11.8 Å². The van der Waals surface area contributed by atoms with Crippen molar-refractivity contribution in [3.05, 3.63) is 0 Å². The monoisotopic (exact) mass is 302 g/mol. The normalized spacial score (nSPS) is 43.0. The highest BCUT2D eigenvalue weighted by atomic mass is 32.2. The van der Waals surface area contributed by atoms with Crippen LogP contribution in [0.25, 0.3) is 0 Å². The Bertz CT molecular complexity index is 312. The summed E-state index contributed by atoms with van der Waals surface area (Å²) in [7, 11) is 3.99. The highest BCUT2D eigenvalue weighted by molar-refractivity contribution is 8.00. The van der Waals surface area contributed by atoms with Crippen LogP contribution in [0.15, 0.2) is 0 Å². The molecule has 0 aromatic rings. The van der Waals surface area contributed by atoms with Crippen LogP contribution in [0.3, 0.4) is 0 Å². The van der Waals surface area contributed by atoms with E-state index in [1.165, 1.54) is 0 Å². The molecule has 7 atom stereocenters. The lowest BCUT2D eigenvalue weighted by Gasteiger charge is -2.22. The summed E-state index contributed by atoms with van der Waals surface area (Å²) in [5, 5.41) is 19.4. The number of rotatable bonds is 6. The predicted molar refractivity (Wildman–Crippen MR) is 83.5 cm³/mol. The Kier molecular flexibility index (Phi) is 6.25. The molecule has 8 heteroatoms. The molecule has 20 heavy (non-hydrogen) atoms. The maximum absolute atomic E-state index is 9.81. The quantitative estimate of drug-likeness (QED) is 0.450. The largest absolute Gasteiger partial charge is 0.394 e. The second kappa shape index (κ2) is 7.51. The van der Waals surface area contributed by atoms with Crippen molar-refractivity contribution in [3.8, 4) is 0 Å². The highest BCUT2D eigenvalue weighted by Gasteiger charge is 2.35. The van der Waals surface area contributed by atoms with Gasteiger partial charge in [0.25, 0.3) is 0 Å². The summed E-state index contributed by atoms with van der Waals surface area (Å²) in [6.07, 6.45) is 0.858. The van der Waals surface area contributed by atoms with Gasteiger partial charge in [0, 0.05) is 17.3 Å². The van der Waals surface area contributed by atoms with Gasteiger partial charge in [-0.05, 0) is 19.8 Å². The highest BCUT2D eigenvalue weighted by Crippen LogP contribution is 2.33. The fourth-order valence-electron chi connectivity index (χ4n) is 2.83. The van der Waals surface area contributed by atoms with E-state index in [1.54, 1.807) is 11.8 Å². The molecule has 0 spiro atoms. The summed E-state index contributed by atoms with van der Waals surface area (Å²) >= 11 is 1.68. The van der Waals surface area contributed by atoms with Crippen molar-refractivity contribution < 1.29 is 24.4 Å². The van der Waals surface area contributed by atoms with Gasteiger partial charge in [-0.3, -0.25) is 0 Å². The Morgan fingerprint density at radius 2 is 1.90 bits per heavy atom. The van der Waals surface area contributed by atoms with Crippen molar-refractivity contribution in [2.24, 2.45) is 0 Å². The molecule has 5 nitrogen and oxygen atoms in total. The van der Waals surface area contributed by atoms with Crippen LogP contribution in [0.2, 0.25) is 0 Å². The van der Waals surface area contributed by atoms with E-state index in [0.717, 1.165) is 6.42 Å². The Balaban J connectivity index is 1.71. The first kappa shape index (κ1) is 16.6. The first-order chi connectivity index (χ1) is 9.49. The fourth-order valence-corrected chi connectivity index (χ4v) is 4.18. The molecule has 0 aromatic carbocycles. The van der Waals surface area contributed by atoms with Crippen molar-refractivity contribution in [1.29, 1.82) is 0 Å². The van der Waals surface area contributed by atoms with E-state index in [4.69, 9.17) is 14.2 Å². The topological polar surface area (TPSA) is 68.2 Å². The Labute approximate surface area is 126 Å². The van der Waals surface area contributed by atoms with Gasteiger partial charge >= 0.3 is 0 Å². The molecular formula is C12H24B2O5S. The maximum Gasteiger partial charge on any atom is 0.139 e. The summed E-state index contributed by atoms with van der Waals surface area (Å²) in [4.78, 5) is 0. The minimum Gasteiger partial charge on any atom is -0.394 e. The van der Waals surface area contributed by atoms with E-state index in [2.05, 4.69) is 0 Å². The third-order valence-corrected chi connectivity index (χ3v) is 5.20. The minimum absolute atomic E-state index is 0.00495. The van der Waals surface area contributed by atoms with Crippen molar-refractivity contribution in [3.63, 3.8) is 0 Å². The molecule has 0 radical (unpaired) electrons. The van der Waals surface area contributed by atoms with Gasteiger partial charge in [-0.1, -0.05) is 0 Å². The lowest BCUT2D eigenvalue weighted by Crippen LogP contribution is -2.29. The van der Waals surface area contributed by atoms with Crippen LogP contribution in [0.4, 0.5) is 0 Å². The zero-order valence-corrected chi connectivity index (χ0v) is 13.2. The molecule has 2 aliphatic rings. The summed E-state index contributed by atoms with van der Waals surface area (Å²) in [6, 6.07) is 0.294. The first-order valence-corrected chi connectivity index (χ1v) is 8.30. The number of ether oxygens (including phenoxy) is 3. The smallest absolute Gasteiger partial charge is 0.139 e. The van der Waals surface area contributed by atoms with E-state index >= 15 is 0 Å². The molecule has 2 heterocycles. The lowest BCUT2D eigenvalue weighted by atomic mass is 9.96. The van der Waals surface area contributed by atoms with Crippen LogP contribution in [0, 0.1) is 0 Å². The Morgan fingerprint density at radius 3 is 2.50 bits per heavy atom. The average molecular weight is 302 g/mol. The van der Waals surface area contributed by atoms with Gasteiger partial charge < -0.3 is 24.4 Å². The molecular weight excluding hydrogens is 278 g/mol. The number of hydrogen-bond acceptors (Lipinski definition) is 6. The molecule has 1 unspecified atom stereocenters. The molecule has 0 aliphatic carbocycles. The molecule has 2 saturated heterocycles. The molecule has 2 N–H and O–H groups in total. The van der Waals surface area contributed by atoms with Gasteiger partial charge in [0.2, 0.25) is 0 Å². The van der Waals surface area contributed by atoms with Gasteiger partial charge in [0.1, 0.15) is 27.2 Å². The number of hydrogen-bond donors (Lipinski definition) is 2. The molecule has 0 aromatic heterocycles. The number of aliphatic hydroxyl groups is 2. The van der Waals surface area contributed by atoms with Gasteiger partial charge in [0.05, 0.1) is 25.4 Å². The van der Waals surface area contributed by atoms with Crippen LogP contribution < -0.4 is 0 Å². The molecule has 0 saturated carbocycles. The first-order valence-electron chi connectivity index (χ1n) is 7.36. The summed E-state index contributed by atoms with van der Waals surface area (Å²) in [6.45, 7) is 2.45. The van der Waals surface area contributed by atoms with Gasteiger partial charge in [0.15, 0.2) is 0 Å². The van der Waals surface area contributed by atoms with Crippen LogP contribution in [0.5, 0.6) is 0 Å². The maximum atomic E-state index is 9.81. The fraction of sp³-hybridized carbons (Fsp3) is 1.00. The predicted octanol–water partition coefficient (Wildman–Crippen LogP) is -1.70. The van der Waals surface area contributed by atoms with Crippen molar-refractivity contribution in [2.45, 2.75) is 60.8 Å². The van der Waals surface area contributed by atoms with Crippen molar-refractivity contribution in [2.75, 3.05) is 13.2 Å². The van der Waals surface area contributed by atoms with Crippen LogP contribution in [-0.2, 0) is 14.2 Å².